The molecule has 1 aromatic carbocycles. The van der Waals surface area contributed by atoms with Crippen LogP contribution in [0.5, 0.6) is 0 Å². The van der Waals surface area contributed by atoms with E-state index < -0.39 is 4.92 Å². The zero-order valence-corrected chi connectivity index (χ0v) is 10.3. The normalized spacial score (nSPS) is 9.92. The smallest absolute Gasteiger partial charge is 0.258 e. The molecule has 0 bridgehead atoms. The van der Waals surface area contributed by atoms with Crippen molar-refractivity contribution in [2.75, 3.05) is 0 Å². The Bertz CT molecular complexity index is 340. The standard InChI is InChI=1S/C6H2Br3NO2/c7-3-1-4(8)6(9)5(2-3)10(11)12/h1-2H. The lowest BCUT2D eigenvalue weighted by Crippen LogP contribution is -1.89. The predicted molar refractivity (Wildman–Crippen MR) is 56.2 cm³/mol. The van der Waals surface area contributed by atoms with Gasteiger partial charge < -0.3 is 0 Å². The molecule has 0 aliphatic heterocycles. The number of nitro benzene ring substituents is 1. The summed E-state index contributed by atoms with van der Waals surface area (Å²) in [5.41, 5.74) is 0.0382. The molecule has 64 valence electrons. The minimum absolute atomic E-state index is 0.0382. The van der Waals surface area contributed by atoms with Crippen LogP contribution in [-0.4, -0.2) is 4.92 Å². The largest absolute Gasteiger partial charge is 0.285 e. The van der Waals surface area contributed by atoms with E-state index >= 15 is 0 Å². The van der Waals surface area contributed by atoms with Crippen molar-refractivity contribution >= 4 is 53.5 Å². The molecule has 1 rings (SSSR count). The maximum Gasteiger partial charge on any atom is 0.285 e. The van der Waals surface area contributed by atoms with E-state index in [1.807, 2.05) is 0 Å². The summed E-state index contributed by atoms with van der Waals surface area (Å²) in [6.45, 7) is 0. The first-order valence-corrected chi connectivity index (χ1v) is 5.19. The fraction of sp³-hybridized carbons (Fsp3) is 0. The Morgan fingerprint density at radius 3 is 2.33 bits per heavy atom. The van der Waals surface area contributed by atoms with Gasteiger partial charge >= 0.3 is 0 Å². The zero-order chi connectivity index (χ0) is 9.30. The fourth-order valence-corrected chi connectivity index (χ4v) is 2.25. The molecule has 0 N–H and O–H groups in total. The second-order valence-electron chi connectivity index (χ2n) is 1.98. The van der Waals surface area contributed by atoms with Crippen molar-refractivity contribution in [1.29, 1.82) is 0 Å². The minimum Gasteiger partial charge on any atom is -0.258 e. The average molecular weight is 360 g/mol. The molecule has 0 saturated carbocycles. The van der Waals surface area contributed by atoms with Gasteiger partial charge in [-0.15, -0.1) is 0 Å². The molecule has 6 heteroatoms. The summed E-state index contributed by atoms with van der Waals surface area (Å²) in [6.07, 6.45) is 0. The molecule has 0 spiro atoms. The van der Waals surface area contributed by atoms with Crippen molar-refractivity contribution in [1.82, 2.24) is 0 Å². The van der Waals surface area contributed by atoms with Gasteiger partial charge in [-0.25, -0.2) is 0 Å². The van der Waals surface area contributed by atoms with Gasteiger partial charge in [-0.05, 0) is 37.9 Å². The number of halogens is 3. The first-order valence-electron chi connectivity index (χ1n) is 2.81. The number of nitrogens with zero attached hydrogens (tertiary/aromatic N) is 1. The van der Waals surface area contributed by atoms with Crippen molar-refractivity contribution in [2.45, 2.75) is 0 Å². The SMILES string of the molecule is O=[N+]([O-])c1cc(Br)cc(Br)c1Br. The molecule has 0 aliphatic rings. The summed E-state index contributed by atoms with van der Waals surface area (Å²) in [6, 6.07) is 3.17. The van der Waals surface area contributed by atoms with Crippen LogP contribution in [-0.2, 0) is 0 Å². The number of nitro groups is 1. The maximum absolute atomic E-state index is 10.5. The highest BCUT2D eigenvalue weighted by Gasteiger charge is 2.15. The number of rotatable bonds is 1. The molecule has 12 heavy (non-hydrogen) atoms. The van der Waals surface area contributed by atoms with Crippen LogP contribution in [0.2, 0.25) is 0 Å². The lowest BCUT2D eigenvalue weighted by molar-refractivity contribution is -0.385. The van der Waals surface area contributed by atoms with Crippen LogP contribution >= 0.6 is 47.8 Å². The molecule has 0 amide bonds. The number of benzene rings is 1. The number of hydrogen-bond acceptors (Lipinski definition) is 2. The molecule has 0 atom stereocenters. The summed E-state index contributed by atoms with van der Waals surface area (Å²) < 4.78 is 1.78. The molecule has 0 heterocycles. The molecular weight excluding hydrogens is 358 g/mol. The van der Waals surface area contributed by atoms with Crippen LogP contribution in [0.4, 0.5) is 5.69 Å². The van der Waals surface area contributed by atoms with E-state index in [4.69, 9.17) is 0 Å². The van der Waals surface area contributed by atoms with Crippen LogP contribution in [0, 0.1) is 10.1 Å². The maximum atomic E-state index is 10.5. The van der Waals surface area contributed by atoms with E-state index in [1.54, 1.807) is 6.07 Å². The molecule has 0 radical (unpaired) electrons. The lowest BCUT2D eigenvalue weighted by atomic mass is 10.3. The Morgan fingerprint density at radius 1 is 1.25 bits per heavy atom. The molecular formula is C6H2Br3NO2. The third-order valence-electron chi connectivity index (χ3n) is 1.17. The first kappa shape index (κ1) is 10.1. The van der Waals surface area contributed by atoms with Crippen LogP contribution < -0.4 is 0 Å². The Morgan fingerprint density at radius 2 is 1.83 bits per heavy atom. The second-order valence-corrected chi connectivity index (χ2v) is 4.54. The van der Waals surface area contributed by atoms with Gasteiger partial charge in [0, 0.05) is 15.0 Å². The van der Waals surface area contributed by atoms with Crippen molar-refractivity contribution in [3.63, 3.8) is 0 Å². The highest BCUT2D eigenvalue weighted by Crippen LogP contribution is 2.35. The molecule has 0 fully saturated rings. The Balaban J connectivity index is 3.37. The summed E-state index contributed by atoms with van der Waals surface area (Å²) >= 11 is 9.45. The lowest BCUT2D eigenvalue weighted by Gasteiger charge is -1.98. The molecule has 0 unspecified atom stereocenters. The van der Waals surface area contributed by atoms with Crippen LogP contribution in [0.3, 0.4) is 0 Å². The van der Waals surface area contributed by atoms with Crippen molar-refractivity contribution in [3.05, 3.63) is 35.7 Å². The molecule has 3 nitrogen and oxygen atoms in total. The van der Waals surface area contributed by atoms with Gasteiger partial charge in [0.15, 0.2) is 0 Å². The molecule has 0 aliphatic carbocycles. The topological polar surface area (TPSA) is 43.1 Å². The Labute approximate surface area is 93.7 Å². The fourth-order valence-electron chi connectivity index (χ4n) is 0.675. The van der Waals surface area contributed by atoms with Gasteiger partial charge in [-0.2, -0.15) is 0 Å². The Hall–Kier alpha value is 0.0600. The highest BCUT2D eigenvalue weighted by atomic mass is 79.9. The van der Waals surface area contributed by atoms with E-state index in [2.05, 4.69) is 47.8 Å². The first-order chi connectivity index (χ1) is 5.52. The molecule has 1 aromatic rings. The van der Waals surface area contributed by atoms with Crippen molar-refractivity contribution in [2.24, 2.45) is 0 Å². The van der Waals surface area contributed by atoms with E-state index in [1.165, 1.54) is 6.07 Å². The third kappa shape index (κ3) is 2.05. The summed E-state index contributed by atoms with van der Waals surface area (Å²) in [5, 5.41) is 10.5. The molecule has 0 aromatic heterocycles. The monoisotopic (exact) mass is 357 g/mol. The van der Waals surface area contributed by atoms with Gasteiger partial charge in [-0.1, -0.05) is 15.9 Å². The quantitative estimate of drug-likeness (QED) is 0.434. The van der Waals surface area contributed by atoms with Gasteiger partial charge in [0.2, 0.25) is 0 Å². The van der Waals surface area contributed by atoms with Gasteiger partial charge in [0.05, 0.1) is 4.92 Å². The molecule has 0 saturated heterocycles. The van der Waals surface area contributed by atoms with Gasteiger partial charge in [0.25, 0.3) is 5.69 Å². The number of hydrogen-bond donors (Lipinski definition) is 0. The van der Waals surface area contributed by atoms with E-state index in [-0.39, 0.29) is 5.69 Å². The minimum atomic E-state index is -0.445. The van der Waals surface area contributed by atoms with Crippen LogP contribution in [0.1, 0.15) is 0 Å². The van der Waals surface area contributed by atoms with Gasteiger partial charge in [0.1, 0.15) is 4.47 Å². The van der Waals surface area contributed by atoms with Crippen LogP contribution in [0.25, 0.3) is 0 Å². The average Bonchev–Trinajstić information content (AvgIpc) is 1.96. The van der Waals surface area contributed by atoms with E-state index in [0.717, 1.165) is 0 Å². The predicted octanol–water partition coefficient (Wildman–Crippen LogP) is 3.88. The van der Waals surface area contributed by atoms with E-state index in [0.29, 0.717) is 13.4 Å². The zero-order valence-electron chi connectivity index (χ0n) is 5.55. The Kier molecular flexibility index (Phi) is 3.25. The van der Waals surface area contributed by atoms with Gasteiger partial charge in [-0.3, -0.25) is 10.1 Å². The van der Waals surface area contributed by atoms with Crippen molar-refractivity contribution in [3.8, 4) is 0 Å². The van der Waals surface area contributed by atoms with Crippen molar-refractivity contribution < 1.29 is 4.92 Å². The summed E-state index contributed by atoms with van der Waals surface area (Å²) in [5.74, 6) is 0. The second kappa shape index (κ2) is 3.85. The summed E-state index contributed by atoms with van der Waals surface area (Å²) in [7, 11) is 0. The third-order valence-corrected chi connectivity index (χ3v) is 3.62. The summed E-state index contributed by atoms with van der Waals surface area (Å²) in [4.78, 5) is 10.0. The van der Waals surface area contributed by atoms with Crippen LogP contribution in [0.15, 0.2) is 25.6 Å². The highest BCUT2D eigenvalue weighted by molar-refractivity contribution is 9.13. The van der Waals surface area contributed by atoms with E-state index in [9.17, 15) is 10.1 Å².